The summed E-state index contributed by atoms with van der Waals surface area (Å²) in [5.74, 6) is 0.726. The highest BCUT2D eigenvalue weighted by molar-refractivity contribution is 5.41. The molecular weight excluding hydrogens is 194 g/mol. The van der Waals surface area contributed by atoms with E-state index in [2.05, 4.69) is 0 Å². The van der Waals surface area contributed by atoms with E-state index in [-0.39, 0.29) is 10.6 Å². The summed E-state index contributed by atoms with van der Waals surface area (Å²) in [4.78, 5) is 10.3. The van der Waals surface area contributed by atoms with Gasteiger partial charge in [-0.15, -0.1) is 0 Å². The fourth-order valence-electron chi connectivity index (χ4n) is 1.44. The number of nitro benzene ring substituents is 1. The summed E-state index contributed by atoms with van der Waals surface area (Å²) in [6.07, 6.45) is 2.01. The largest absolute Gasteiger partial charge is 0.469 e. The lowest BCUT2D eigenvalue weighted by molar-refractivity contribution is -0.385. The maximum atomic E-state index is 10.7. The lowest BCUT2D eigenvalue weighted by Crippen LogP contribution is -1.95. The minimum Gasteiger partial charge on any atom is -0.469 e. The first-order chi connectivity index (χ1) is 7.27. The molecule has 0 saturated heterocycles. The Labute approximate surface area is 86.3 Å². The summed E-state index contributed by atoms with van der Waals surface area (Å²) in [6, 6.07) is 10.2. The Morgan fingerprint density at radius 2 is 2.00 bits per heavy atom. The summed E-state index contributed by atoms with van der Waals surface area (Å²) in [6.45, 7) is 0. The van der Waals surface area contributed by atoms with Gasteiger partial charge in [0.2, 0.25) is 0 Å². The predicted octanol–water partition coefficient (Wildman–Crippen LogP) is 2.78. The first-order valence-corrected chi connectivity index (χ1v) is 4.52. The van der Waals surface area contributed by atoms with E-state index in [1.165, 1.54) is 6.07 Å². The molecule has 0 spiro atoms. The molecule has 0 N–H and O–H groups in total. The van der Waals surface area contributed by atoms with Crippen LogP contribution in [-0.2, 0) is 6.42 Å². The van der Waals surface area contributed by atoms with Crippen LogP contribution in [0.4, 0.5) is 5.69 Å². The van der Waals surface area contributed by atoms with Gasteiger partial charge in [0.05, 0.1) is 11.2 Å². The van der Waals surface area contributed by atoms with Crippen molar-refractivity contribution in [3.63, 3.8) is 0 Å². The van der Waals surface area contributed by atoms with Crippen LogP contribution in [-0.4, -0.2) is 4.92 Å². The van der Waals surface area contributed by atoms with Crippen LogP contribution >= 0.6 is 0 Å². The fraction of sp³-hybridized carbons (Fsp3) is 0.0909. The fourth-order valence-corrected chi connectivity index (χ4v) is 1.44. The molecule has 0 aliphatic carbocycles. The molecule has 1 heterocycles. The third-order valence-corrected chi connectivity index (χ3v) is 2.13. The molecule has 0 atom stereocenters. The van der Waals surface area contributed by atoms with Crippen molar-refractivity contribution in [2.45, 2.75) is 6.42 Å². The number of para-hydroxylation sites is 1. The summed E-state index contributed by atoms with van der Waals surface area (Å²) in [5.41, 5.74) is 0.798. The normalized spacial score (nSPS) is 10.1. The molecule has 0 amide bonds. The van der Waals surface area contributed by atoms with Crippen LogP contribution in [0.2, 0.25) is 0 Å². The number of hydrogen-bond acceptors (Lipinski definition) is 3. The SMILES string of the molecule is O=[N+]([O-])c1ccccc1Cc1ccco1. The second-order valence-corrected chi connectivity index (χ2v) is 3.14. The van der Waals surface area contributed by atoms with E-state index in [9.17, 15) is 10.1 Å². The Kier molecular flexibility index (Phi) is 2.49. The van der Waals surface area contributed by atoms with E-state index in [1.807, 2.05) is 0 Å². The molecule has 0 aliphatic rings. The van der Waals surface area contributed by atoms with Gasteiger partial charge >= 0.3 is 0 Å². The van der Waals surface area contributed by atoms with Crippen molar-refractivity contribution in [2.75, 3.05) is 0 Å². The highest BCUT2D eigenvalue weighted by atomic mass is 16.6. The molecular formula is C11H9NO3. The summed E-state index contributed by atoms with van der Waals surface area (Å²) in [5, 5.41) is 10.7. The zero-order chi connectivity index (χ0) is 10.7. The van der Waals surface area contributed by atoms with Crippen LogP contribution in [0.25, 0.3) is 0 Å². The van der Waals surface area contributed by atoms with Gasteiger partial charge in [0, 0.05) is 18.1 Å². The molecule has 1 aromatic carbocycles. The van der Waals surface area contributed by atoms with Crippen molar-refractivity contribution in [3.8, 4) is 0 Å². The van der Waals surface area contributed by atoms with Gasteiger partial charge in [-0.3, -0.25) is 10.1 Å². The van der Waals surface area contributed by atoms with Crippen LogP contribution in [0, 0.1) is 10.1 Å². The maximum Gasteiger partial charge on any atom is 0.273 e. The molecule has 0 unspecified atom stereocenters. The van der Waals surface area contributed by atoms with Gasteiger partial charge < -0.3 is 4.42 Å². The van der Waals surface area contributed by atoms with Gasteiger partial charge in [0.1, 0.15) is 5.76 Å². The monoisotopic (exact) mass is 203 g/mol. The Hall–Kier alpha value is -2.10. The molecule has 4 heteroatoms. The predicted molar refractivity (Wildman–Crippen MR) is 54.6 cm³/mol. The summed E-state index contributed by atoms with van der Waals surface area (Å²) < 4.78 is 5.15. The average Bonchev–Trinajstić information content (AvgIpc) is 2.71. The van der Waals surface area contributed by atoms with Crippen molar-refractivity contribution in [2.24, 2.45) is 0 Å². The number of nitro groups is 1. The van der Waals surface area contributed by atoms with Crippen LogP contribution in [0.3, 0.4) is 0 Å². The van der Waals surface area contributed by atoms with E-state index in [4.69, 9.17) is 4.42 Å². The highest BCUT2D eigenvalue weighted by Gasteiger charge is 2.13. The highest BCUT2D eigenvalue weighted by Crippen LogP contribution is 2.20. The summed E-state index contributed by atoms with van der Waals surface area (Å²) >= 11 is 0. The minimum absolute atomic E-state index is 0.133. The van der Waals surface area contributed by atoms with Gasteiger partial charge in [-0.25, -0.2) is 0 Å². The second-order valence-electron chi connectivity index (χ2n) is 3.14. The minimum atomic E-state index is -0.377. The van der Waals surface area contributed by atoms with Gasteiger partial charge in [-0.1, -0.05) is 18.2 Å². The van der Waals surface area contributed by atoms with Gasteiger partial charge in [-0.05, 0) is 12.1 Å². The zero-order valence-corrected chi connectivity index (χ0v) is 7.92. The zero-order valence-electron chi connectivity index (χ0n) is 7.92. The Bertz CT molecular complexity index is 462. The molecule has 0 aliphatic heterocycles. The Balaban J connectivity index is 2.32. The molecule has 0 bridgehead atoms. The first-order valence-electron chi connectivity index (χ1n) is 4.52. The molecule has 0 radical (unpaired) electrons. The van der Waals surface area contributed by atoms with Gasteiger partial charge in [-0.2, -0.15) is 0 Å². The van der Waals surface area contributed by atoms with E-state index >= 15 is 0 Å². The summed E-state index contributed by atoms with van der Waals surface area (Å²) in [7, 11) is 0. The number of nitrogens with zero attached hydrogens (tertiary/aromatic N) is 1. The number of furan rings is 1. The van der Waals surface area contributed by atoms with Gasteiger partial charge in [0.25, 0.3) is 5.69 Å². The third kappa shape index (κ3) is 2.04. The molecule has 1 aromatic heterocycles. The molecule has 4 nitrogen and oxygen atoms in total. The molecule has 0 saturated carbocycles. The van der Waals surface area contributed by atoms with Crippen LogP contribution in [0.1, 0.15) is 11.3 Å². The smallest absolute Gasteiger partial charge is 0.273 e. The van der Waals surface area contributed by atoms with Crippen molar-refractivity contribution in [3.05, 3.63) is 64.1 Å². The van der Waals surface area contributed by atoms with Crippen LogP contribution < -0.4 is 0 Å². The lowest BCUT2D eigenvalue weighted by atomic mass is 10.1. The van der Waals surface area contributed by atoms with Gasteiger partial charge in [0.15, 0.2) is 0 Å². The molecule has 0 fully saturated rings. The molecule has 2 aromatic rings. The Morgan fingerprint density at radius 3 is 2.67 bits per heavy atom. The third-order valence-electron chi connectivity index (χ3n) is 2.13. The van der Waals surface area contributed by atoms with Crippen LogP contribution in [0.15, 0.2) is 47.1 Å². The number of hydrogen-bond donors (Lipinski definition) is 0. The van der Waals surface area contributed by atoms with Crippen molar-refractivity contribution in [1.82, 2.24) is 0 Å². The van der Waals surface area contributed by atoms with Crippen molar-refractivity contribution in [1.29, 1.82) is 0 Å². The van der Waals surface area contributed by atoms with E-state index in [1.54, 1.807) is 36.6 Å². The number of rotatable bonds is 3. The average molecular weight is 203 g/mol. The molecule has 76 valence electrons. The molecule has 2 rings (SSSR count). The Morgan fingerprint density at radius 1 is 1.20 bits per heavy atom. The molecule has 15 heavy (non-hydrogen) atoms. The van der Waals surface area contributed by atoms with E-state index < -0.39 is 0 Å². The van der Waals surface area contributed by atoms with Crippen molar-refractivity contribution < 1.29 is 9.34 Å². The van der Waals surface area contributed by atoms with Crippen molar-refractivity contribution >= 4 is 5.69 Å². The topological polar surface area (TPSA) is 56.3 Å². The quantitative estimate of drug-likeness (QED) is 0.569. The van der Waals surface area contributed by atoms with Crippen LogP contribution in [0.5, 0.6) is 0 Å². The standard InChI is InChI=1S/C11H9NO3/c13-12(14)11-6-2-1-4-9(11)8-10-5-3-7-15-10/h1-7H,8H2. The van der Waals surface area contributed by atoms with E-state index in [0.717, 1.165) is 5.76 Å². The lowest BCUT2D eigenvalue weighted by Gasteiger charge is -1.99. The van der Waals surface area contributed by atoms with E-state index in [0.29, 0.717) is 12.0 Å². The number of benzene rings is 1. The second kappa shape index (κ2) is 3.96. The first kappa shape index (κ1) is 9.45. The maximum absolute atomic E-state index is 10.7.